The molecule has 4 N–H and O–H groups in total. The molecule has 6 rings (SSSR count). The highest BCUT2D eigenvalue weighted by molar-refractivity contribution is 6.58. The Morgan fingerprint density at radius 3 is 1.75 bits per heavy atom. The third-order valence-corrected chi connectivity index (χ3v) is 6.78. The summed E-state index contributed by atoms with van der Waals surface area (Å²) < 4.78 is 3.88. The summed E-state index contributed by atoms with van der Waals surface area (Å²) in [5.41, 5.74) is 6.15. The third-order valence-electron chi connectivity index (χ3n) is 6.23. The van der Waals surface area contributed by atoms with Crippen molar-refractivity contribution in [2.24, 2.45) is 0 Å². The van der Waals surface area contributed by atoms with Gasteiger partial charge in [0.2, 0.25) is 0 Å². The van der Waals surface area contributed by atoms with Crippen LogP contribution in [0.25, 0.3) is 22.1 Å². The van der Waals surface area contributed by atoms with Crippen molar-refractivity contribution in [1.82, 2.24) is 29.1 Å². The van der Waals surface area contributed by atoms with Crippen LogP contribution in [0, 0.1) is 0 Å². The number of imidazole rings is 2. The molecule has 0 aliphatic heterocycles. The number of nitrogens with zero attached hydrogens (tertiary/aromatic N) is 6. The number of fused-ring (bicyclic) bond motifs is 2. The minimum absolute atomic E-state index is 0.464. The van der Waals surface area contributed by atoms with Crippen molar-refractivity contribution in [3.63, 3.8) is 0 Å². The lowest BCUT2D eigenvalue weighted by Crippen LogP contribution is -2.29. The Bertz CT molecular complexity index is 1740. The normalized spacial score (nSPS) is 10.9. The fraction of sp³-hybridized carbons (Fsp3) is 0.0769. The predicted octanol–water partition coefficient (Wildman–Crippen LogP) is 1.63. The van der Waals surface area contributed by atoms with Crippen molar-refractivity contribution >= 4 is 70.4 Å². The SMILES string of the molecule is OB(O)c1ccc(Cn2cnc3c(Cl)cncc32)cc1.OB(O)c1ccc(Cn2cnc3cncc(Cl)c32)cc1. The molecule has 6 aromatic rings. The Kier molecular flexibility index (Phi) is 8.46. The molecule has 0 saturated carbocycles. The molecule has 0 aliphatic carbocycles. The summed E-state index contributed by atoms with van der Waals surface area (Å²) in [5.74, 6) is 0. The predicted molar refractivity (Wildman–Crippen MR) is 156 cm³/mol. The zero-order valence-corrected chi connectivity index (χ0v) is 22.4. The van der Waals surface area contributed by atoms with Crippen molar-refractivity contribution in [1.29, 1.82) is 0 Å². The molecular weight excluding hydrogens is 553 g/mol. The van der Waals surface area contributed by atoms with Crippen LogP contribution in [0.1, 0.15) is 11.1 Å². The number of hydrogen-bond donors (Lipinski definition) is 4. The van der Waals surface area contributed by atoms with E-state index in [1.54, 1.807) is 61.7 Å². The van der Waals surface area contributed by atoms with E-state index in [4.69, 9.17) is 43.3 Å². The highest BCUT2D eigenvalue weighted by Gasteiger charge is 2.12. The Labute approximate surface area is 239 Å². The lowest BCUT2D eigenvalue weighted by Gasteiger charge is -2.06. The van der Waals surface area contributed by atoms with E-state index in [2.05, 4.69) is 19.9 Å². The number of halogens is 2. The molecule has 4 heterocycles. The van der Waals surface area contributed by atoms with E-state index < -0.39 is 14.2 Å². The standard InChI is InChI=1S/2C13H11BClN3O2/c15-11-5-16-6-12-13(11)17-8-18(12)7-9-1-3-10(4-2-9)14(19)20;15-11-5-16-6-12-13(11)18(8-17-12)7-9-1-3-10(4-2-9)14(19)20/h2*1-6,8,19-20H,7H2. The van der Waals surface area contributed by atoms with Gasteiger partial charge in [-0.2, -0.15) is 0 Å². The molecule has 4 aromatic heterocycles. The van der Waals surface area contributed by atoms with Crippen molar-refractivity contribution in [3.8, 4) is 0 Å². The van der Waals surface area contributed by atoms with Crippen LogP contribution in [0.4, 0.5) is 0 Å². The van der Waals surface area contributed by atoms with Crippen LogP contribution >= 0.6 is 23.2 Å². The summed E-state index contributed by atoms with van der Waals surface area (Å²) in [6, 6.07) is 14.1. The van der Waals surface area contributed by atoms with E-state index in [9.17, 15) is 0 Å². The molecule has 0 fully saturated rings. The minimum Gasteiger partial charge on any atom is -0.423 e. The highest BCUT2D eigenvalue weighted by Crippen LogP contribution is 2.22. The van der Waals surface area contributed by atoms with E-state index in [0.29, 0.717) is 34.1 Å². The van der Waals surface area contributed by atoms with Crippen LogP contribution in [0.15, 0.2) is 86.0 Å². The van der Waals surface area contributed by atoms with Crippen molar-refractivity contribution in [2.75, 3.05) is 0 Å². The number of benzene rings is 2. The Morgan fingerprint density at radius 2 is 1.15 bits per heavy atom. The van der Waals surface area contributed by atoms with Crippen LogP contribution in [-0.2, 0) is 13.1 Å². The molecule has 0 amide bonds. The lowest BCUT2D eigenvalue weighted by atomic mass is 9.80. The topological polar surface area (TPSA) is 142 Å². The molecule has 2 aromatic carbocycles. The second-order valence-electron chi connectivity index (χ2n) is 8.95. The second kappa shape index (κ2) is 12.2. The fourth-order valence-corrected chi connectivity index (χ4v) is 4.63. The summed E-state index contributed by atoms with van der Waals surface area (Å²) >= 11 is 12.2. The zero-order chi connectivity index (χ0) is 28.2. The highest BCUT2D eigenvalue weighted by atomic mass is 35.5. The van der Waals surface area contributed by atoms with Crippen LogP contribution < -0.4 is 10.9 Å². The van der Waals surface area contributed by atoms with Gasteiger partial charge in [0.1, 0.15) is 11.0 Å². The van der Waals surface area contributed by atoms with Gasteiger partial charge in [-0.1, -0.05) is 71.7 Å². The molecule has 0 unspecified atom stereocenters. The van der Waals surface area contributed by atoms with Gasteiger partial charge in [-0.05, 0) is 22.1 Å². The molecule has 40 heavy (non-hydrogen) atoms. The summed E-state index contributed by atoms with van der Waals surface area (Å²) in [7, 11) is -2.89. The average Bonchev–Trinajstić information content (AvgIpc) is 3.55. The first kappa shape index (κ1) is 27.8. The molecule has 0 saturated heterocycles. The third kappa shape index (κ3) is 6.18. The Hall–Kier alpha value is -3.77. The first-order valence-corrected chi connectivity index (χ1v) is 12.8. The quantitative estimate of drug-likeness (QED) is 0.220. The van der Waals surface area contributed by atoms with Crippen LogP contribution in [0.2, 0.25) is 10.0 Å². The van der Waals surface area contributed by atoms with Crippen molar-refractivity contribution in [3.05, 3.63) is 107 Å². The summed E-state index contributed by atoms with van der Waals surface area (Å²) in [4.78, 5) is 16.6. The molecule has 0 bridgehead atoms. The fourth-order valence-electron chi connectivity index (χ4n) is 4.16. The van der Waals surface area contributed by atoms with Gasteiger partial charge in [0.15, 0.2) is 0 Å². The number of rotatable bonds is 6. The molecule has 200 valence electrons. The first-order valence-electron chi connectivity index (χ1n) is 12.1. The maximum Gasteiger partial charge on any atom is 0.488 e. The van der Waals surface area contributed by atoms with Gasteiger partial charge in [-0.15, -0.1) is 0 Å². The van der Waals surface area contributed by atoms with E-state index in [1.165, 1.54) is 0 Å². The summed E-state index contributed by atoms with van der Waals surface area (Å²) in [5, 5.41) is 37.3. The molecule has 0 atom stereocenters. The molecule has 14 heteroatoms. The Morgan fingerprint density at radius 1 is 0.625 bits per heavy atom. The molecule has 10 nitrogen and oxygen atoms in total. The van der Waals surface area contributed by atoms with Gasteiger partial charge in [0.05, 0.1) is 46.1 Å². The number of hydrogen-bond acceptors (Lipinski definition) is 8. The van der Waals surface area contributed by atoms with E-state index in [0.717, 1.165) is 33.2 Å². The average molecular weight is 575 g/mol. The smallest absolute Gasteiger partial charge is 0.423 e. The van der Waals surface area contributed by atoms with Gasteiger partial charge in [0.25, 0.3) is 0 Å². The van der Waals surface area contributed by atoms with Crippen LogP contribution in [-0.4, -0.2) is 63.4 Å². The van der Waals surface area contributed by atoms with Crippen molar-refractivity contribution < 1.29 is 20.1 Å². The van der Waals surface area contributed by atoms with Crippen molar-refractivity contribution in [2.45, 2.75) is 13.1 Å². The molecule has 0 aliphatic rings. The van der Waals surface area contributed by atoms with Gasteiger partial charge >= 0.3 is 14.2 Å². The number of pyridine rings is 2. The largest absolute Gasteiger partial charge is 0.488 e. The first-order chi connectivity index (χ1) is 19.3. The van der Waals surface area contributed by atoms with E-state index in [-0.39, 0.29) is 0 Å². The van der Waals surface area contributed by atoms with Crippen LogP contribution in [0.5, 0.6) is 0 Å². The summed E-state index contributed by atoms with van der Waals surface area (Å²) in [6.45, 7) is 1.21. The van der Waals surface area contributed by atoms with E-state index >= 15 is 0 Å². The zero-order valence-electron chi connectivity index (χ0n) is 20.9. The maximum atomic E-state index is 9.06. The lowest BCUT2D eigenvalue weighted by molar-refractivity contribution is 0.424. The minimum atomic E-state index is -1.45. The summed E-state index contributed by atoms with van der Waals surface area (Å²) in [6.07, 6.45) is 9.98. The van der Waals surface area contributed by atoms with E-state index in [1.807, 2.05) is 33.4 Å². The number of aromatic nitrogens is 6. The van der Waals surface area contributed by atoms with Crippen LogP contribution in [0.3, 0.4) is 0 Å². The van der Waals surface area contributed by atoms with Gasteiger partial charge in [-0.25, -0.2) is 9.97 Å². The van der Waals surface area contributed by atoms with Gasteiger partial charge < -0.3 is 29.2 Å². The van der Waals surface area contributed by atoms with Gasteiger partial charge in [-0.3, -0.25) is 9.97 Å². The molecule has 0 radical (unpaired) electrons. The maximum absolute atomic E-state index is 9.06. The Balaban J connectivity index is 0.000000161. The molecule has 0 spiro atoms. The second-order valence-corrected chi connectivity index (χ2v) is 9.77. The molecular formula is C26H22B2Cl2N6O4. The van der Waals surface area contributed by atoms with Gasteiger partial charge in [0, 0.05) is 25.5 Å². The monoisotopic (exact) mass is 574 g/mol.